The summed E-state index contributed by atoms with van der Waals surface area (Å²) in [6, 6.07) is 7.76. The van der Waals surface area contributed by atoms with Gasteiger partial charge in [0, 0.05) is 26.1 Å². The van der Waals surface area contributed by atoms with Crippen molar-refractivity contribution in [3.63, 3.8) is 0 Å². The summed E-state index contributed by atoms with van der Waals surface area (Å²) in [6.45, 7) is 3.25. The first kappa shape index (κ1) is 22.2. The predicted octanol–water partition coefficient (Wildman–Crippen LogP) is 3.42. The van der Waals surface area contributed by atoms with Crippen molar-refractivity contribution in [3.05, 3.63) is 41.5 Å². The van der Waals surface area contributed by atoms with Crippen molar-refractivity contribution < 1.29 is 14.1 Å². The van der Waals surface area contributed by atoms with Crippen molar-refractivity contribution in [3.8, 4) is 5.75 Å². The highest BCUT2D eigenvalue weighted by Crippen LogP contribution is 2.19. The highest BCUT2D eigenvalue weighted by atomic mass is 35.5. The minimum atomic E-state index is -0.141. The van der Waals surface area contributed by atoms with Gasteiger partial charge in [-0.15, -0.1) is 12.4 Å². The second-order valence-electron chi connectivity index (χ2n) is 6.91. The Balaban J connectivity index is 0.00000280. The summed E-state index contributed by atoms with van der Waals surface area (Å²) in [7, 11) is 0. The molecular formula is C20H29ClN4O3. The van der Waals surface area contributed by atoms with Crippen LogP contribution in [0.2, 0.25) is 0 Å². The van der Waals surface area contributed by atoms with E-state index in [4.69, 9.17) is 9.26 Å². The molecule has 7 nitrogen and oxygen atoms in total. The van der Waals surface area contributed by atoms with Gasteiger partial charge in [0.15, 0.2) is 6.61 Å². The molecule has 0 spiro atoms. The van der Waals surface area contributed by atoms with Crippen LogP contribution in [0, 0.1) is 6.92 Å². The van der Waals surface area contributed by atoms with E-state index in [9.17, 15) is 4.79 Å². The third kappa shape index (κ3) is 6.80. The number of aryl methyl sites for hydroxylation is 1. The van der Waals surface area contributed by atoms with Gasteiger partial charge in [-0.2, -0.15) is 4.98 Å². The molecule has 0 bridgehead atoms. The van der Waals surface area contributed by atoms with Crippen LogP contribution in [0.15, 0.2) is 28.8 Å². The Kier molecular flexibility index (Phi) is 9.23. The molecule has 1 aromatic heterocycles. The van der Waals surface area contributed by atoms with Gasteiger partial charge in [-0.05, 0) is 25.0 Å². The lowest BCUT2D eigenvalue weighted by Gasteiger charge is -2.16. The predicted molar refractivity (Wildman–Crippen MR) is 109 cm³/mol. The van der Waals surface area contributed by atoms with Crippen LogP contribution in [0.5, 0.6) is 5.75 Å². The van der Waals surface area contributed by atoms with Crippen LogP contribution in [-0.4, -0.2) is 35.2 Å². The van der Waals surface area contributed by atoms with E-state index in [1.54, 1.807) is 19.1 Å². The Morgan fingerprint density at radius 3 is 2.64 bits per heavy atom. The van der Waals surface area contributed by atoms with Crippen LogP contribution in [0.4, 0.5) is 0 Å². The first-order valence-corrected chi connectivity index (χ1v) is 9.75. The van der Waals surface area contributed by atoms with Crippen LogP contribution in [0.1, 0.15) is 60.6 Å². The minimum Gasteiger partial charge on any atom is -0.485 e. The highest BCUT2D eigenvalue weighted by molar-refractivity contribution is 5.96. The molecule has 0 radical (unpaired) electrons. The lowest BCUT2D eigenvalue weighted by Crippen LogP contribution is -2.37. The number of rotatable bonds is 8. The topological polar surface area (TPSA) is 89.3 Å². The number of carbonyl (C=O) groups excluding carboxylic acids is 1. The molecule has 1 aliphatic rings. The molecule has 1 amide bonds. The number of ether oxygens (including phenoxy) is 1. The molecule has 1 saturated carbocycles. The Morgan fingerprint density at radius 2 is 1.93 bits per heavy atom. The third-order valence-corrected chi connectivity index (χ3v) is 4.76. The van der Waals surface area contributed by atoms with Gasteiger partial charge in [-0.3, -0.25) is 4.79 Å². The van der Waals surface area contributed by atoms with Gasteiger partial charge < -0.3 is 19.9 Å². The fourth-order valence-electron chi connectivity index (χ4n) is 3.35. The molecule has 0 unspecified atom stereocenters. The van der Waals surface area contributed by atoms with Gasteiger partial charge in [0.05, 0.1) is 5.56 Å². The average molecular weight is 409 g/mol. The van der Waals surface area contributed by atoms with Gasteiger partial charge in [0.1, 0.15) is 5.75 Å². The number of nitrogens with one attached hydrogen (secondary N) is 2. The van der Waals surface area contributed by atoms with Gasteiger partial charge in [-0.1, -0.05) is 43.0 Å². The second kappa shape index (κ2) is 11.7. The van der Waals surface area contributed by atoms with E-state index >= 15 is 0 Å². The fraction of sp³-hybridized carbons (Fsp3) is 0.550. The molecular weight excluding hydrogens is 380 g/mol. The quantitative estimate of drug-likeness (QED) is 0.514. The largest absolute Gasteiger partial charge is 0.485 e. The van der Waals surface area contributed by atoms with E-state index in [0.29, 0.717) is 35.6 Å². The van der Waals surface area contributed by atoms with Gasteiger partial charge in [-0.25, -0.2) is 0 Å². The molecule has 1 fully saturated rings. The second-order valence-corrected chi connectivity index (χ2v) is 6.91. The van der Waals surface area contributed by atoms with E-state index in [-0.39, 0.29) is 24.9 Å². The minimum absolute atomic E-state index is 0. The van der Waals surface area contributed by atoms with Crippen molar-refractivity contribution in [2.24, 2.45) is 0 Å². The van der Waals surface area contributed by atoms with Crippen LogP contribution in [-0.2, 0) is 6.61 Å². The summed E-state index contributed by atoms with van der Waals surface area (Å²) in [5.41, 5.74) is 0.507. The molecule has 1 aliphatic carbocycles. The maximum Gasteiger partial charge on any atom is 0.255 e. The summed E-state index contributed by atoms with van der Waals surface area (Å²) < 4.78 is 10.6. The molecule has 2 aromatic rings. The summed E-state index contributed by atoms with van der Waals surface area (Å²) in [4.78, 5) is 16.6. The lowest BCUT2D eigenvalue weighted by molar-refractivity contribution is 0.0948. The zero-order valence-corrected chi connectivity index (χ0v) is 17.1. The molecule has 3 rings (SSSR count). The standard InChI is InChI=1S/C20H28N4O3.ClH/c1-15-23-19(24-27-15)14-26-18-11-7-6-10-17(18)20(25)22-13-12-21-16-8-4-2-3-5-9-16;/h6-7,10-11,16,21H,2-5,8-9,12-14H2,1H3,(H,22,25);1H. The molecule has 0 atom stereocenters. The summed E-state index contributed by atoms with van der Waals surface area (Å²) >= 11 is 0. The van der Waals surface area contributed by atoms with E-state index in [1.165, 1.54) is 38.5 Å². The number of hydrogen-bond donors (Lipinski definition) is 2. The summed E-state index contributed by atoms with van der Waals surface area (Å²) in [6.07, 6.45) is 7.76. The molecule has 154 valence electrons. The van der Waals surface area contributed by atoms with Crippen LogP contribution < -0.4 is 15.4 Å². The maximum absolute atomic E-state index is 12.5. The number of halogens is 1. The Hall–Kier alpha value is -2.12. The van der Waals surface area contributed by atoms with Crippen LogP contribution in [0.25, 0.3) is 0 Å². The van der Waals surface area contributed by atoms with Crippen molar-refractivity contribution in [1.82, 2.24) is 20.8 Å². The van der Waals surface area contributed by atoms with Gasteiger partial charge in [0.25, 0.3) is 5.91 Å². The van der Waals surface area contributed by atoms with E-state index < -0.39 is 0 Å². The average Bonchev–Trinajstić information content (AvgIpc) is 2.93. The number of amides is 1. The van der Waals surface area contributed by atoms with Crippen LogP contribution in [0.3, 0.4) is 0 Å². The van der Waals surface area contributed by atoms with Crippen LogP contribution >= 0.6 is 12.4 Å². The molecule has 28 heavy (non-hydrogen) atoms. The molecule has 1 aromatic carbocycles. The number of hydrogen-bond acceptors (Lipinski definition) is 6. The van der Waals surface area contributed by atoms with E-state index in [0.717, 1.165) is 6.54 Å². The first-order chi connectivity index (χ1) is 13.2. The molecule has 0 saturated heterocycles. The smallest absolute Gasteiger partial charge is 0.255 e. The molecule has 8 heteroatoms. The van der Waals surface area contributed by atoms with Gasteiger partial charge >= 0.3 is 0 Å². The monoisotopic (exact) mass is 408 g/mol. The SMILES string of the molecule is Cc1nc(COc2ccccc2C(=O)NCCNC2CCCCCC2)no1.Cl. The maximum atomic E-state index is 12.5. The fourth-order valence-corrected chi connectivity index (χ4v) is 3.35. The number of para-hydroxylation sites is 1. The third-order valence-electron chi connectivity index (χ3n) is 4.76. The molecule has 2 N–H and O–H groups in total. The van der Waals surface area contributed by atoms with E-state index in [1.807, 2.05) is 12.1 Å². The number of nitrogens with zero attached hydrogens (tertiary/aromatic N) is 2. The summed E-state index contributed by atoms with van der Waals surface area (Å²) in [5, 5.41) is 10.3. The normalized spacial score (nSPS) is 14.8. The van der Waals surface area contributed by atoms with Crippen molar-refractivity contribution in [2.45, 2.75) is 58.1 Å². The first-order valence-electron chi connectivity index (χ1n) is 9.75. The zero-order chi connectivity index (χ0) is 18.9. The van der Waals surface area contributed by atoms with E-state index in [2.05, 4.69) is 20.8 Å². The lowest BCUT2D eigenvalue weighted by atomic mass is 10.1. The number of carbonyl (C=O) groups is 1. The molecule has 1 heterocycles. The van der Waals surface area contributed by atoms with Gasteiger partial charge in [0.2, 0.25) is 11.7 Å². The Bertz CT molecular complexity index is 730. The summed E-state index contributed by atoms with van der Waals surface area (Å²) in [5.74, 6) is 1.31. The number of benzene rings is 1. The van der Waals surface area contributed by atoms with Crippen molar-refractivity contribution in [1.29, 1.82) is 0 Å². The van der Waals surface area contributed by atoms with Crippen molar-refractivity contribution in [2.75, 3.05) is 13.1 Å². The Labute approximate surface area is 172 Å². The number of aromatic nitrogens is 2. The highest BCUT2D eigenvalue weighted by Gasteiger charge is 2.14. The zero-order valence-electron chi connectivity index (χ0n) is 16.3. The van der Waals surface area contributed by atoms with Crippen molar-refractivity contribution >= 4 is 18.3 Å². The molecule has 0 aliphatic heterocycles. The Morgan fingerprint density at radius 1 is 1.18 bits per heavy atom.